The van der Waals surface area contributed by atoms with E-state index in [1.165, 1.54) is 53.9 Å². The van der Waals surface area contributed by atoms with Crippen molar-refractivity contribution in [1.29, 1.82) is 0 Å². The van der Waals surface area contributed by atoms with Crippen molar-refractivity contribution in [2.24, 2.45) is 4.99 Å². The Morgan fingerprint density at radius 3 is 1.59 bits per heavy atom. The normalized spacial score (nSPS) is 12.4. The second kappa shape index (κ2) is 15.1. The summed E-state index contributed by atoms with van der Waals surface area (Å²) in [5.74, 6) is 0. The van der Waals surface area contributed by atoms with Gasteiger partial charge in [-0.3, -0.25) is 4.98 Å². The predicted octanol–water partition coefficient (Wildman–Crippen LogP) is 13.4. The largest absolute Gasteiger partial charge is 2.00 e. The maximum absolute atomic E-state index is 5.44. The molecule has 8 aromatic rings. The smallest absolute Gasteiger partial charge is 0.454 e. The Bertz CT molecular complexity index is 2800. The molecular weight excluding hydrogens is 904 g/mol. The zero-order valence-corrected chi connectivity index (χ0v) is 37.6. The molecule has 0 aliphatic rings. The monoisotopic (exact) mass is 949 g/mol. The van der Waals surface area contributed by atoms with Crippen molar-refractivity contribution in [3.05, 3.63) is 142 Å². The molecule has 0 N–H and O–H groups in total. The Morgan fingerprint density at radius 1 is 0.589 bits per heavy atom. The van der Waals surface area contributed by atoms with E-state index in [1.54, 1.807) is 22.7 Å². The molecule has 0 saturated heterocycles. The first-order valence-electron chi connectivity index (χ1n) is 18.9. The predicted molar refractivity (Wildman–Crippen MR) is 235 cm³/mol. The van der Waals surface area contributed by atoms with Crippen molar-refractivity contribution in [1.82, 2.24) is 15.0 Å². The van der Waals surface area contributed by atoms with Gasteiger partial charge in [0.1, 0.15) is 0 Å². The van der Waals surface area contributed by atoms with Crippen molar-refractivity contribution in [2.75, 3.05) is 0 Å². The third-order valence-corrected chi connectivity index (χ3v) is 12.8. The number of fused-ring (bicyclic) bond motifs is 2. The Balaban J connectivity index is 0.00000480. The molecule has 8 rings (SSSR count). The van der Waals surface area contributed by atoms with Crippen molar-refractivity contribution in [2.45, 2.75) is 80.1 Å². The first-order chi connectivity index (χ1) is 26.2. The minimum Gasteiger partial charge on any atom is -0.454 e. The molecule has 3 aromatic carbocycles. The molecule has 284 valence electrons. The Hall–Kier alpha value is -4.48. The number of hydrogen-bond donors (Lipinski definition) is 0. The van der Waals surface area contributed by atoms with Crippen LogP contribution in [0.3, 0.4) is 0 Å². The van der Waals surface area contributed by atoms with Gasteiger partial charge in [0.25, 0.3) is 0 Å². The van der Waals surface area contributed by atoms with Gasteiger partial charge in [0.2, 0.25) is 0 Å². The van der Waals surface area contributed by atoms with E-state index in [0.29, 0.717) is 5.49 Å². The Labute approximate surface area is 353 Å². The number of hydrogen-bond acceptors (Lipinski definition) is 5. The van der Waals surface area contributed by atoms with E-state index in [0.717, 1.165) is 48.9 Å². The molecule has 0 aliphatic carbocycles. The average Bonchev–Trinajstić information content (AvgIpc) is 3.75. The van der Waals surface area contributed by atoms with Gasteiger partial charge in [0.05, 0.1) is 10.4 Å². The third-order valence-electron chi connectivity index (χ3n) is 10.5. The zero-order valence-electron chi connectivity index (χ0n) is 33.7. The number of benzene rings is 3. The minimum absolute atomic E-state index is 0. The Morgan fingerprint density at radius 2 is 1.07 bits per heavy atom. The van der Waals surface area contributed by atoms with E-state index in [9.17, 15) is 0 Å². The third kappa shape index (κ3) is 7.40. The summed E-state index contributed by atoms with van der Waals surface area (Å²) in [7, 11) is 0. The molecule has 0 aliphatic heterocycles. The van der Waals surface area contributed by atoms with Gasteiger partial charge >= 0.3 is 21.1 Å². The zero-order chi connectivity index (χ0) is 38.8. The average molecular weight is 950 g/mol. The van der Waals surface area contributed by atoms with Crippen LogP contribution in [0.25, 0.3) is 63.7 Å². The van der Waals surface area contributed by atoms with E-state index >= 15 is 0 Å². The van der Waals surface area contributed by atoms with Crippen LogP contribution in [0, 0.1) is 33.8 Å². The van der Waals surface area contributed by atoms with Crippen molar-refractivity contribution >= 4 is 48.5 Å². The molecule has 0 radical (unpaired) electrons. The van der Waals surface area contributed by atoms with Crippen LogP contribution in [0.15, 0.2) is 102 Å². The number of rotatable bonds is 5. The molecule has 7 heteroatoms. The van der Waals surface area contributed by atoms with Crippen molar-refractivity contribution in [3.8, 4) is 43.5 Å². The minimum atomic E-state index is -0.198. The van der Waals surface area contributed by atoms with Crippen LogP contribution in [-0.2, 0) is 31.9 Å². The van der Waals surface area contributed by atoms with E-state index in [4.69, 9.17) is 19.9 Å². The molecule has 0 spiro atoms. The molecule has 5 aromatic heterocycles. The summed E-state index contributed by atoms with van der Waals surface area (Å²) in [4.78, 5) is 23.2. The van der Waals surface area contributed by atoms with Crippen LogP contribution >= 0.6 is 22.7 Å². The van der Waals surface area contributed by atoms with Gasteiger partial charge in [0.15, 0.2) is 0 Å². The first kappa shape index (κ1) is 39.7. The van der Waals surface area contributed by atoms with Crippen LogP contribution < -0.4 is 10.5 Å². The van der Waals surface area contributed by atoms with E-state index < -0.39 is 0 Å². The van der Waals surface area contributed by atoms with Crippen LogP contribution in [0.5, 0.6) is 0 Å². The summed E-state index contributed by atoms with van der Waals surface area (Å²) >= 11 is 3.58. The molecular formula is C49H46N4PtS2. The first-order valence-corrected chi connectivity index (χ1v) is 20.5. The summed E-state index contributed by atoms with van der Waals surface area (Å²) in [5.41, 5.74) is 14.5. The van der Waals surface area contributed by atoms with E-state index in [1.807, 2.05) is 12.4 Å². The van der Waals surface area contributed by atoms with Crippen molar-refractivity contribution in [3.63, 3.8) is 0 Å². The van der Waals surface area contributed by atoms with Gasteiger partial charge in [-0.2, -0.15) is 0 Å². The quantitative estimate of drug-likeness (QED) is 0.162. The summed E-state index contributed by atoms with van der Waals surface area (Å²) in [5, 5.41) is 2.35. The molecule has 0 saturated carbocycles. The van der Waals surface area contributed by atoms with Crippen LogP contribution in [0.1, 0.15) is 74.9 Å². The van der Waals surface area contributed by atoms with Gasteiger partial charge < -0.3 is 15.0 Å². The standard InChI is InChI=1S/C49H46N4S2.Pt/c1-28-13-11-14-29(2)41(28)39-26-33-21-23-50-43(45(33)54-39)32-17-18-35(48(5,6)7)38(25-32)53-47-36(49(8,9)10)19-20-37(52-47)44-46-34(22-24-51-44)27-40(55-46)42-30(3)15-12-16-31(42)4;/h11-24,26-27H,1-10H3;/q-2;+2. The summed E-state index contributed by atoms with van der Waals surface area (Å²) in [6.45, 7) is 22.1. The summed E-state index contributed by atoms with van der Waals surface area (Å²) in [6, 6.07) is 34.2. The topological polar surface area (TPSA) is 52.2 Å². The fourth-order valence-corrected chi connectivity index (χ4v) is 10.3. The second-order valence-corrected chi connectivity index (χ2v) is 18.8. The van der Waals surface area contributed by atoms with E-state index in [-0.39, 0.29) is 31.9 Å². The second-order valence-electron chi connectivity index (χ2n) is 16.7. The van der Waals surface area contributed by atoms with Crippen molar-refractivity contribution < 1.29 is 21.1 Å². The van der Waals surface area contributed by atoms with Crippen LogP contribution in [0.4, 0.5) is 5.69 Å². The van der Waals surface area contributed by atoms with Gasteiger partial charge in [-0.05, 0) is 118 Å². The molecule has 5 heterocycles. The van der Waals surface area contributed by atoms with Gasteiger partial charge in [0, 0.05) is 32.5 Å². The van der Waals surface area contributed by atoms with Gasteiger partial charge in [-0.1, -0.05) is 95.6 Å². The number of pyridine rings is 3. The molecule has 0 atom stereocenters. The summed E-state index contributed by atoms with van der Waals surface area (Å²) < 4.78 is 2.28. The summed E-state index contributed by atoms with van der Waals surface area (Å²) in [6.07, 6.45) is 3.81. The molecule has 4 nitrogen and oxygen atoms in total. The van der Waals surface area contributed by atoms with Crippen LogP contribution in [-0.4, -0.2) is 9.97 Å². The van der Waals surface area contributed by atoms with E-state index in [2.05, 4.69) is 160 Å². The maximum atomic E-state index is 5.44. The number of aromatic nitrogens is 3. The molecule has 0 fully saturated rings. The SMILES string of the molecule is Cc1cccc(C)c1-c1cc2ccnc(-c3[c-]c(N=c4[n-]c(-c5nccc6cc(-c7c(C)cccc7C)sc56)ccc4C(C)(C)C)c(C(C)(C)C)cc3)c2s1.[Pt+2]. The fraction of sp³-hybridized carbons (Fsp3) is 0.245. The molecule has 0 amide bonds. The number of thiophene rings is 2. The van der Waals surface area contributed by atoms with Crippen LogP contribution in [0.2, 0.25) is 0 Å². The maximum Gasteiger partial charge on any atom is 2.00 e. The number of aryl methyl sites for hydroxylation is 4. The molecule has 56 heavy (non-hydrogen) atoms. The fourth-order valence-electron chi connectivity index (χ4n) is 7.63. The van der Waals surface area contributed by atoms with Gasteiger partial charge in [-0.15, -0.1) is 57.7 Å². The molecule has 0 bridgehead atoms. The molecule has 0 unspecified atom stereocenters. The Kier molecular flexibility index (Phi) is 10.7. The van der Waals surface area contributed by atoms with Gasteiger partial charge in [-0.25, -0.2) is 0 Å². The number of nitrogens with zero attached hydrogens (tertiary/aromatic N) is 4.